The van der Waals surface area contributed by atoms with Crippen molar-refractivity contribution >= 4 is 23.3 Å². The molecule has 0 aliphatic heterocycles. The summed E-state index contributed by atoms with van der Waals surface area (Å²) < 4.78 is 9.53. The van der Waals surface area contributed by atoms with Gasteiger partial charge in [0.15, 0.2) is 11.2 Å². The lowest BCUT2D eigenvalue weighted by atomic mass is 10.0. The van der Waals surface area contributed by atoms with E-state index in [0.717, 1.165) is 27.0 Å². The van der Waals surface area contributed by atoms with Crippen molar-refractivity contribution in [3.8, 4) is 5.75 Å². The SMILES string of the molecule is COc1cc(C)c(/C=C/c2nc3c(c(=O)n(C)c(=O)n3C)n2C)cc1C. The Morgan fingerprint density at radius 1 is 0.962 bits per heavy atom. The van der Waals surface area contributed by atoms with E-state index >= 15 is 0 Å². The highest BCUT2D eigenvalue weighted by Gasteiger charge is 2.15. The van der Waals surface area contributed by atoms with E-state index in [0.29, 0.717) is 17.0 Å². The monoisotopic (exact) mass is 354 g/mol. The molecule has 0 saturated heterocycles. The first-order chi connectivity index (χ1) is 12.3. The van der Waals surface area contributed by atoms with Crippen LogP contribution in [0.15, 0.2) is 21.7 Å². The molecule has 0 N–H and O–H groups in total. The number of fused-ring (bicyclic) bond motifs is 1. The van der Waals surface area contributed by atoms with E-state index in [2.05, 4.69) is 4.98 Å². The van der Waals surface area contributed by atoms with Crippen LogP contribution in [0.25, 0.3) is 23.3 Å². The zero-order valence-corrected chi connectivity index (χ0v) is 15.8. The van der Waals surface area contributed by atoms with Gasteiger partial charge in [0.2, 0.25) is 0 Å². The molecule has 0 bridgehead atoms. The number of imidazole rings is 1. The summed E-state index contributed by atoms with van der Waals surface area (Å²) in [6.07, 6.45) is 3.80. The van der Waals surface area contributed by atoms with Crippen LogP contribution in [0.5, 0.6) is 5.75 Å². The Kier molecular flexibility index (Phi) is 4.31. The summed E-state index contributed by atoms with van der Waals surface area (Å²) >= 11 is 0. The summed E-state index contributed by atoms with van der Waals surface area (Å²) in [5.74, 6) is 1.45. The summed E-state index contributed by atoms with van der Waals surface area (Å²) in [5.41, 5.74) is 3.19. The van der Waals surface area contributed by atoms with Crippen LogP contribution in [-0.4, -0.2) is 25.8 Å². The zero-order chi connectivity index (χ0) is 19.2. The van der Waals surface area contributed by atoms with Gasteiger partial charge in [0.25, 0.3) is 5.56 Å². The first-order valence-electron chi connectivity index (χ1n) is 8.22. The van der Waals surface area contributed by atoms with Crippen LogP contribution in [0.4, 0.5) is 0 Å². The van der Waals surface area contributed by atoms with E-state index in [1.807, 2.05) is 38.1 Å². The second-order valence-electron chi connectivity index (χ2n) is 6.42. The molecule has 0 aliphatic rings. The average molecular weight is 354 g/mol. The van der Waals surface area contributed by atoms with Gasteiger partial charge in [0, 0.05) is 21.1 Å². The fraction of sp³-hybridized carbons (Fsp3) is 0.316. The van der Waals surface area contributed by atoms with E-state index < -0.39 is 5.69 Å². The number of nitrogens with zero attached hydrogens (tertiary/aromatic N) is 4. The molecule has 0 atom stereocenters. The van der Waals surface area contributed by atoms with Gasteiger partial charge in [-0.2, -0.15) is 0 Å². The largest absolute Gasteiger partial charge is 0.496 e. The number of aromatic nitrogens is 4. The van der Waals surface area contributed by atoms with E-state index in [1.165, 1.54) is 11.6 Å². The number of methoxy groups -OCH3 is 1. The molecule has 0 radical (unpaired) electrons. The van der Waals surface area contributed by atoms with E-state index in [1.54, 1.807) is 25.8 Å². The smallest absolute Gasteiger partial charge is 0.332 e. The standard InChI is InChI=1S/C19H22N4O3/c1-11-10-14(26-6)12(2)9-13(11)7-8-15-20-17-16(21(15)3)18(24)23(5)19(25)22(17)4/h7-10H,1-6H3/b8-7+. The highest BCUT2D eigenvalue weighted by molar-refractivity contribution is 5.77. The molecular weight excluding hydrogens is 332 g/mol. The first-order valence-corrected chi connectivity index (χ1v) is 8.22. The molecule has 3 rings (SSSR count). The maximum absolute atomic E-state index is 12.4. The van der Waals surface area contributed by atoms with E-state index in [9.17, 15) is 9.59 Å². The molecule has 7 nitrogen and oxygen atoms in total. The second kappa shape index (κ2) is 6.33. The highest BCUT2D eigenvalue weighted by Crippen LogP contribution is 2.24. The molecule has 0 amide bonds. The molecule has 3 aromatic rings. The molecule has 0 unspecified atom stereocenters. The Hall–Kier alpha value is -3.09. The van der Waals surface area contributed by atoms with Crippen molar-refractivity contribution in [2.45, 2.75) is 13.8 Å². The van der Waals surface area contributed by atoms with Crippen molar-refractivity contribution in [3.63, 3.8) is 0 Å². The van der Waals surface area contributed by atoms with Gasteiger partial charge in [-0.1, -0.05) is 6.08 Å². The number of rotatable bonds is 3. The van der Waals surface area contributed by atoms with E-state index in [-0.39, 0.29) is 5.56 Å². The maximum atomic E-state index is 12.4. The van der Waals surface area contributed by atoms with Crippen LogP contribution in [0.2, 0.25) is 0 Å². The Balaban J connectivity index is 2.15. The highest BCUT2D eigenvalue weighted by atomic mass is 16.5. The lowest BCUT2D eigenvalue weighted by Gasteiger charge is -2.08. The molecule has 136 valence electrons. The number of hydrogen-bond donors (Lipinski definition) is 0. The maximum Gasteiger partial charge on any atom is 0.332 e. The molecule has 0 spiro atoms. The minimum atomic E-state index is -0.391. The zero-order valence-electron chi connectivity index (χ0n) is 15.8. The molecule has 2 aromatic heterocycles. The molecule has 0 fully saturated rings. The van der Waals surface area contributed by atoms with Gasteiger partial charge in [-0.15, -0.1) is 0 Å². The van der Waals surface area contributed by atoms with Gasteiger partial charge >= 0.3 is 5.69 Å². The van der Waals surface area contributed by atoms with Crippen LogP contribution < -0.4 is 16.0 Å². The average Bonchev–Trinajstić information content (AvgIpc) is 2.95. The summed E-state index contributed by atoms with van der Waals surface area (Å²) in [6.45, 7) is 4.00. The first kappa shape index (κ1) is 17.7. The predicted octanol–water partition coefficient (Wildman–Crippen LogP) is 1.77. The predicted molar refractivity (Wildman–Crippen MR) is 103 cm³/mol. The van der Waals surface area contributed by atoms with Crippen molar-refractivity contribution in [1.82, 2.24) is 18.7 Å². The minimum absolute atomic E-state index is 0.353. The minimum Gasteiger partial charge on any atom is -0.496 e. The van der Waals surface area contributed by atoms with Gasteiger partial charge in [-0.3, -0.25) is 13.9 Å². The fourth-order valence-corrected chi connectivity index (χ4v) is 3.06. The van der Waals surface area contributed by atoms with Crippen molar-refractivity contribution in [2.24, 2.45) is 21.1 Å². The Morgan fingerprint density at radius 2 is 1.65 bits per heavy atom. The lowest BCUT2D eigenvalue weighted by molar-refractivity contribution is 0.411. The Labute approximate surface area is 150 Å². The second-order valence-corrected chi connectivity index (χ2v) is 6.42. The quantitative estimate of drug-likeness (QED) is 0.719. The molecule has 7 heteroatoms. The van der Waals surface area contributed by atoms with Crippen molar-refractivity contribution in [2.75, 3.05) is 7.11 Å². The van der Waals surface area contributed by atoms with Crippen LogP contribution in [-0.2, 0) is 21.1 Å². The topological polar surface area (TPSA) is 71.1 Å². The van der Waals surface area contributed by atoms with Gasteiger partial charge in [0.05, 0.1) is 7.11 Å². The Morgan fingerprint density at radius 3 is 2.31 bits per heavy atom. The fourth-order valence-electron chi connectivity index (χ4n) is 3.06. The number of ether oxygens (including phenoxy) is 1. The van der Waals surface area contributed by atoms with Crippen molar-refractivity contribution < 1.29 is 4.74 Å². The normalized spacial score (nSPS) is 11.6. The molecular formula is C19H22N4O3. The summed E-state index contributed by atoms with van der Waals surface area (Å²) in [4.78, 5) is 29.0. The number of benzene rings is 1. The summed E-state index contributed by atoms with van der Waals surface area (Å²) in [6, 6.07) is 4.03. The molecule has 0 saturated carbocycles. The molecule has 2 heterocycles. The van der Waals surface area contributed by atoms with Crippen LogP contribution in [0.1, 0.15) is 22.5 Å². The number of hydrogen-bond acceptors (Lipinski definition) is 4. The molecule has 0 aliphatic carbocycles. The van der Waals surface area contributed by atoms with Crippen LogP contribution >= 0.6 is 0 Å². The van der Waals surface area contributed by atoms with E-state index in [4.69, 9.17) is 4.74 Å². The lowest BCUT2D eigenvalue weighted by Crippen LogP contribution is -2.37. The third kappa shape index (κ3) is 2.65. The van der Waals surface area contributed by atoms with Gasteiger partial charge in [-0.25, -0.2) is 9.78 Å². The third-order valence-electron chi connectivity index (χ3n) is 4.71. The van der Waals surface area contributed by atoms with Crippen LogP contribution in [0, 0.1) is 13.8 Å². The van der Waals surface area contributed by atoms with Crippen LogP contribution in [0.3, 0.4) is 0 Å². The van der Waals surface area contributed by atoms with Gasteiger partial charge in [0.1, 0.15) is 11.6 Å². The summed E-state index contributed by atoms with van der Waals surface area (Å²) in [5, 5.41) is 0. The van der Waals surface area contributed by atoms with Crippen molar-refractivity contribution in [1.29, 1.82) is 0 Å². The van der Waals surface area contributed by atoms with Gasteiger partial charge < -0.3 is 9.30 Å². The molecule has 26 heavy (non-hydrogen) atoms. The summed E-state index contributed by atoms with van der Waals surface area (Å²) in [7, 11) is 6.51. The third-order valence-corrected chi connectivity index (χ3v) is 4.71. The van der Waals surface area contributed by atoms with Gasteiger partial charge in [-0.05, 0) is 48.7 Å². The number of aryl methyl sites for hydroxylation is 4. The van der Waals surface area contributed by atoms with Crippen molar-refractivity contribution in [3.05, 3.63) is 55.5 Å². The molecule has 1 aromatic carbocycles. The Bertz CT molecular complexity index is 1160.